The van der Waals surface area contributed by atoms with Gasteiger partial charge in [-0.25, -0.2) is 0 Å². The van der Waals surface area contributed by atoms with Crippen molar-refractivity contribution in [1.29, 1.82) is 0 Å². The molecule has 1 aliphatic rings. The summed E-state index contributed by atoms with van der Waals surface area (Å²) >= 11 is 0.588. The van der Waals surface area contributed by atoms with Crippen LogP contribution in [0.1, 0.15) is 17.9 Å². The van der Waals surface area contributed by atoms with Gasteiger partial charge < -0.3 is 5.73 Å². The SMILES string of the molecule is NCC1CC1c1ccc(SC(F)F)cc1. The minimum Gasteiger partial charge on any atom is -0.330 e. The fourth-order valence-corrected chi connectivity index (χ4v) is 2.31. The molecule has 0 aromatic heterocycles. The first-order chi connectivity index (χ1) is 7.20. The largest absolute Gasteiger partial charge is 0.330 e. The lowest BCUT2D eigenvalue weighted by Crippen LogP contribution is -2.01. The molecular weight excluding hydrogens is 216 g/mol. The van der Waals surface area contributed by atoms with E-state index in [1.807, 2.05) is 12.1 Å². The molecule has 0 radical (unpaired) electrons. The highest BCUT2D eigenvalue weighted by Gasteiger charge is 2.36. The Labute approximate surface area is 92.0 Å². The van der Waals surface area contributed by atoms with Crippen molar-refractivity contribution < 1.29 is 8.78 Å². The van der Waals surface area contributed by atoms with Crippen molar-refractivity contribution in [2.45, 2.75) is 23.0 Å². The standard InChI is InChI=1S/C11H13F2NS/c12-11(13)15-9-3-1-7(2-4-9)10-5-8(10)6-14/h1-4,8,10-11H,5-6,14H2. The average Bonchev–Trinajstić information content (AvgIpc) is 2.97. The summed E-state index contributed by atoms with van der Waals surface area (Å²) in [6.07, 6.45) is 1.14. The summed E-state index contributed by atoms with van der Waals surface area (Å²) < 4.78 is 24.1. The predicted octanol–water partition coefficient (Wildman–Crippen LogP) is 3.06. The minimum absolute atomic E-state index is 0.556. The number of thioether (sulfide) groups is 1. The van der Waals surface area contributed by atoms with Crippen LogP contribution in [0, 0.1) is 5.92 Å². The highest BCUT2D eigenvalue weighted by Crippen LogP contribution is 2.46. The van der Waals surface area contributed by atoms with E-state index >= 15 is 0 Å². The Morgan fingerprint density at radius 2 is 2.00 bits per heavy atom. The van der Waals surface area contributed by atoms with Crippen molar-refractivity contribution in [1.82, 2.24) is 0 Å². The molecule has 2 rings (SSSR count). The van der Waals surface area contributed by atoms with E-state index in [-0.39, 0.29) is 0 Å². The molecule has 1 fully saturated rings. The van der Waals surface area contributed by atoms with E-state index in [9.17, 15) is 8.78 Å². The van der Waals surface area contributed by atoms with E-state index < -0.39 is 5.76 Å². The summed E-state index contributed by atoms with van der Waals surface area (Å²) in [7, 11) is 0. The van der Waals surface area contributed by atoms with E-state index in [4.69, 9.17) is 5.73 Å². The molecule has 0 heterocycles. The van der Waals surface area contributed by atoms with E-state index in [2.05, 4.69) is 0 Å². The molecule has 1 aromatic carbocycles. The summed E-state index contributed by atoms with van der Waals surface area (Å²) in [5.41, 5.74) is 6.78. The van der Waals surface area contributed by atoms with Crippen molar-refractivity contribution in [3.8, 4) is 0 Å². The molecule has 2 N–H and O–H groups in total. The van der Waals surface area contributed by atoms with Crippen LogP contribution in [0.3, 0.4) is 0 Å². The van der Waals surface area contributed by atoms with Gasteiger partial charge in [0.05, 0.1) is 0 Å². The number of hydrogen-bond donors (Lipinski definition) is 1. The quantitative estimate of drug-likeness (QED) is 0.803. The van der Waals surface area contributed by atoms with Gasteiger partial charge in [-0.3, -0.25) is 0 Å². The van der Waals surface area contributed by atoms with Crippen LogP contribution in [0.25, 0.3) is 0 Å². The molecule has 82 valence electrons. The Balaban J connectivity index is 1.99. The van der Waals surface area contributed by atoms with E-state index in [1.54, 1.807) is 12.1 Å². The molecular formula is C11H13F2NS. The third-order valence-electron chi connectivity index (χ3n) is 2.76. The molecule has 4 heteroatoms. The molecule has 1 aromatic rings. The maximum Gasteiger partial charge on any atom is 0.288 e. The van der Waals surface area contributed by atoms with Crippen molar-refractivity contribution >= 4 is 11.8 Å². The van der Waals surface area contributed by atoms with Gasteiger partial charge in [-0.1, -0.05) is 23.9 Å². The van der Waals surface area contributed by atoms with E-state index in [0.717, 1.165) is 13.0 Å². The Hall–Kier alpha value is -0.610. The van der Waals surface area contributed by atoms with Gasteiger partial charge in [0.2, 0.25) is 0 Å². The zero-order chi connectivity index (χ0) is 10.8. The first-order valence-electron chi connectivity index (χ1n) is 4.95. The number of hydrogen-bond acceptors (Lipinski definition) is 2. The van der Waals surface area contributed by atoms with Crippen LogP contribution in [0.2, 0.25) is 0 Å². The molecule has 2 atom stereocenters. The highest BCUT2D eigenvalue weighted by molar-refractivity contribution is 7.99. The second-order valence-corrected chi connectivity index (χ2v) is 4.85. The molecule has 1 nitrogen and oxygen atoms in total. The van der Waals surface area contributed by atoms with Gasteiger partial charge in [-0.15, -0.1) is 0 Å². The van der Waals surface area contributed by atoms with Crippen LogP contribution in [-0.2, 0) is 0 Å². The topological polar surface area (TPSA) is 26.0 Å². The lowest BCUT2D eigenvalue weighted by molar-refractivity contribution is 0.252. The van der Waals surface area contributed by atoms with Crippen LogP contribution in [-0.4, -0.2) is 12.3 Å². The lowest BCUT2D eigenvalue weighted by atomic mass is 10.1. The Kier molecular flexibility index (Phi) is 3.26. The molecule has 0 amide bonds. The van der Waals surface area contributed by atoms with E-state index in [1.165, 1.54) is 5.56 Å². The zero-order valence-electron chi connectivity index (χ0n) is 8.20. The molecule has 1 saturated carbocycles. The summed E-state index contributed by atoms with van der Waals surface area (Å²) in [4.78, 5) is 0.624. The van der Waals surface area contributed by atoms with Crippen LogP contribution in [0.5, 0.6) is 0 Å². The summed E-state index contributed by atoms with van der Waals surface area (Å²) in [6, 6.07) is 7.40. The summed E-state index contributed by atoms with van der Waals surface area (Å²) in [6.45, 7) is 0.720. The highest BCUT2D eigenvalue weighted by atomic mass is 32.2. The monoisotopic (exact) mass is 229 g/mol. The van der Waals surface area contributed by atoms with Crippen LogP contribution in [0.4, 0.5) is 8.78 Å². The number of nitrogens with two attached hydrogens (primary N) is 1. The van der Waals surface area contributed by atoms with Gasteiger partial charge in [0.15, 0.2) is 0 Å². The number of alkyl halides is 2. The molecule has 2 unspecified atom stereocenters. The third-order valence-corrected chi connectivity index (χ3v) is 3.48. The second-order valence-electron chi connectivity index (χ2n) is 3.79. The van der Waals surface area contributed by atoms with E-state index in [0.29, 0.717) is 28.5 Å². The average molecular weight is 229 g/mol. The molecule has 1 aliphatic carbocycles. The van der Waals surface area contributed by atoms with Crippen LogP contribution in [0.15, 0.2) is 29.2 Å². The molecule has 0 aliphatic heterocycles. The zero-order valence-corrected chi connectivity index (χ0v) is 9.01. The van der Waals surface area contributed by atoms with Gasteiger partial charge >= 0.3 is 0 Å². The molecule has 0 bridgehead atoms. The maximum absolute atomic E-state index is 12.1. The summed E-state index contributed by atoms with van der Waals surface area (Å²) in [5, 5.41) is 0. The maximum atomic E-state index is 12.1. The first kappa shape index (κ1) is 10.9. The Morgan fingerprint density at radius 3 is 2.47 bits per heavy atom. The molecule has 15 heavy (non-hydrogen) atoms. The third kappa shape index (κ3) is 2.69. The normalized spacial score (nSPS) is 24.5. The van der Waals surface area contributed by atoms with Crippen molar-refractivity contribution in [3.63, 3.8) is 0 Å². The molecule has 0 saturated heterocycles. The fourth-order valence-electron chi connectivity index (χ4n) is 1.81. The van der Waals surface area contributed by atoms with Crippen LogP contribution >= 0.6 is 11.8 Å². The van der Waals surface area contributed by atoms with Gasteiger partial charge in [-0.2, -0.15) is 8.78 Å². The molecule has 0 spiro atoms. The number of halogens is 2. The van der Waals surface area contributed by atoms with Crippen molar-refractivity contribution in [2.75, 3.05) is 6.54 Å². The Bertz CT molecular complexity index is 326. The predicted molar refractivity (Wildman–Crippen MR) is 58.2 cm³/mol. The van der Waals surface area contributed by atoms with Crippen molar-refractivity contribution in [2.24, 2.45) is 11.7 Å². The van der Waals surface area contributed by atoms with Gasteiger partial charge in [0, 0.05) is 4.90 Å². The van der Waals surface area contributed by atoms with Gasteiger partial charge in [0.25, 0.3) is 5.76 Å². The number of benzene rings is 1. The fraction of sp³-hybridized carbons (Fsp3) is 0.455. The minimum atomic E-state index is -2.34. The van der Waals surface area contributed by atoms with Crippen molar-refractivity contribution in [3.05, 3.63) is 29.8 Å². The smallest absolute Gasteiger partial charge is 0.288 e. The van der Waals surface area contributed by atoms with Gasteiger partial charge in [-0.05, 0) is 42.5 Å². The lowest BCUT2D eigenvalue weighted by Gasteiger charge is -2.02. The second kappa shape index (κ2) is 4.49. The first-order valence-corrected chi connectivity index (χ1v) is 5.83. The summed E-state index contributed by atoms with van der Waals surface area (Å²) in [5.74, 6) is -1.19. The van der Waals surface area contributed by atoms with Crippen LogP contribution < -0.4 is 5.73 Å². The number of rotatable bonds is 4. The van der Waals surface area contributed by atoms with Gasteiger partial charge in [0.1, 0.15) is 0 Å². The Morgan fingerprint density at radius 1 is 1.33 bits per heavy atom.